The van der Waals surface area contributed by atoms with Crippen molar-refractivity contribution in [3.63, 3.8) is 0 Å². The fourth-order valence-electron chi connectivity index (χ4n) is 2.13. The molecule has 0 radical (unpaired) electrons. The second-order valence-corrected chi connectivity index (χ2v) is 5.12. The number of nitrogen functional groups attached to an aromatic ring is 1. The number of halogens is 1. The van der Waals surface area contributed by atoms with Crippen LogP contribution in [0.25, 0.3) is 0 Å². The summed E-state index contributed by atoms with van der Waals surface area (Å²) < 4.78 is 5.73. The summed E-state index contributed by atoms with van der Waals surface area (Å²) in [5.74, 6) is 0.445. The maximum absolute atomic E-state index is 12.0. The number of nitrogens with two attached hydrogens (primary N) is 1. The van der Waals surface area contributed by atoms with E-state index >= 15 is 0 Å². The first-order valence-corrected chi connectivity index (χ1v) is 6.61. The molecule has 3 N–H and O–H groups in total. The van der Waals surface area contributed by atoms with E-state index in [1.54, 1.807) is 30.3 Å². The molecule has 1 amide bonds. The molecule has 1 heterocycles. The van der Waals surface area contributed by atoms with Gasteiger partial charge in [-0.2, -0.15) is 0 Å². The van der Waals surface area contributed by atoms with Crippen LogP contribution in [0.15, 0.2) is 42.5 Å². The smallest absolute Gasteiger partial charge is 0.265 e. The van der Waals surface area contributed by atoms with Gasteiger partial charge in [-0.15, -0.1) is 0 Å². The van der Waals surface area contributed by atoms with Crippen LogP contribution in [0.4, 0.5) is 11.4 Å². The molecule has 4 nitrogen and oxygen atoms in total. The number of fused-ring (bicyclic) bond motifs is 1. The molecule has 1 atom stereocenters. The van der Waals surface area contributed by atoms with E-state index in [9.17, 15) is 4.79 Å². The quantitative estimate of drug-likeness (QED) is 0.835. The SMILES string of the molecule is Nc1ccc2c(c1)OC(Cc1ccc(Cl)cc1)C(=O)N2. The largest absolute Gasteiger partial charge is 0.478 e. The Hall–Kier alpha value is -2.20. The molecule has 0 aliphatic carbocycles. The van der Waals surface area contributed by atoms with Gasteiger partial charge in [0, 0.05) is 23.2 Å². The molecule has 102 valence electrons. The van der Waals surface area contributed by atoms with Crippen molar-refractivity contribution in [2.45, 2.75) is 12.5 Å². The highest BCUT2D eigenvalue weighted by Gasteiger charge is 2.27. The van der Waals surface area contributed by atoms with E-state index in [1.165, 1.54) is 0 Å². The van der Waals surface area contributed by atoms with E-state index in [-0.39, 0.29) is 5.91 Å². The van der Waals surface area contributed by atoms with Gasteiger partial charge < -0.3 is 15.8 Å². The first-order chi connectivity index (χ1) is 9.61. The van der Waals surface area contributed by atoms with Crippen molar-refractivity contribution in [1.82, 2.24) is 0 Å². The van der Waals surface area contributed by atoms with Crippen molar-refractivity contribution in [2.24, 2.45) is 0 Å². The van der Waals surface area contributed by atoms with Gasteiger partial charge in [0.1, 0.15) is 5.75 Å². The minimum Gasteiger partial charge on any atom is -0.478 e. The Kier molecular flexibility index (Phi) is 3.24. The summed E-state index contributed by atoms with van der Waals surface area (Å²) in [4.78, 5) is 12.0. The van der Waals surface area contributed by atoms with Crippen molar-refractivity contribution in [3.05, 3.63) is 53.1 Å². The zero-order valence-corrected chi connectivity index (χ0v) is 11.4. The monoisotopic (exact) mass is 288 g/mol. The lowest BCUT2D eigenvalue weighted by Crippen LogP contribution is -2.38. The lowest BCUT2D eigenvalue weighted by atomic mass is 10.1. The molecule has 0 saturated heterocycles. The van der Waals surface area contributed by atoms with Crippen LogP contribution in [0.2, 0.25) is 5.02 Å². The number of anilines is 2. The van der Waals surface area contributed by atoms with Crippen LogP contribution in [0, 0.1) is 0 Å². The van der Waals surface area contributed by atoms with Crippen LogP contribution in [0.5, 0.6) is 5.75 Å². The molecule has 0 spiro atoms. The molecule has 2 aromatic carbocycles. The van der Waals surface area contributed by atoms with Gasteiger partial charge in [-0.1, -0.05) is 23.7 Å². The van der Waals surface area contributed by atoms with E-state index in [0.717, 1.165) is 5.56 Å². The number of hydrogen-bond donors (Lipinski definition) is 2. The van der Waals surface area contributed by atoms with Crippen LogP contribution in [0.1, 0.15) is 5.56 Å². The molecule has 2 aromatic rings. The van der Waals surface area contributed by atoms with E-state index in [1.807, 2.05) is 12.1 Å². The van der Waals surface area contributed by atoms with E-state index in [0.29, 0.717) is 28.6 Å². The van der Waals surface area contributed by atoms with Gasteiger partial charge in [-0.05, 0) is 29.8 Å². The number of amides is 1. The number of hydrogen-bond acceptors (Lipinski definition) is 3. The topological polar surface area (TPSA) is 64.3 Å². The Balaban J connectivity index is 1.81. The highest BCUT2D eigenvalue weighted by molar-refractivity contribution is 6.30. The van der Waals surface area contributed by atoms with Gasteiger partial charge in [0.25, 0.3) is 5.91 Å². The molecule has 3 rings (SSSR count). The first-order valence-electron chi connectivity index (χ1n) is 6.23. The third-order valence-corrected chi connectivity index (χ3v) is 3.41. The fraction of sp³-hybridized carbons (Fsp3) is 0.133. The predicted molar refractivity (Wildman–Crippen MR) is 79.1 cm³/mol. The van der Waals surface area contributed by atoms with E-state index in [4.69, 9.17) is 22.1 Å². The molecule has 1 aliphatic rings. The van der Waals surface area contributed by atoms with Crippen LogP contribution in [0.3, 0.4) is 0 Å². The molecular formula is C15H13ClN2O2. The maximum Gasteiger partial charge on any atom is 0.265 e. The van der Waals surface area contributed by atoms with Crippen LogP contribution in [-0.4, -0.2) is 12.0 Å². The lowest BCUT2D eigenvalue weighted by molar-refractivity contribution is -0.123. The Bertz CT molecular complexity index is 655. The Morgan fingerprint density at radius 3 is 2.70 bits per heavy atom. The number of ether oxygens (including phenoxy) is 1. The molecule has 0 saturated carbocycles. The highest BCUT2D eigenvalue weighted by Crippen LogP contribution is 2.32. The molecule has 0 fully saturated rings. The number of nitrogens with one attached hydrogen (secondary N) is 1. The summed E-state index contributed by atoms with van der Waals surface area (Å²) in [5.41, 5.74) is 7.96. The summed E-state index contributed by atoms with van der Waals surface area (Å²) in [5, 5.41) is 3.49. The maximum atomic E-state index is 12.0. The zero-order chi connectivity index (χ0) is 14.1. The second kappa shape index (κ2) is 5.06. The zero-order valence-electron chi connectivity index (χ0n) is 10.6. The normalized spacial score (nSPS) is 17.1. The summed E-state index contributed by atoms with van der Waals surface area (Å²) in [6.45, 7) is 0. The predicted octanol–water partition coefficient (Wildman–Crippen LogP) is 2.86. The van der Waals surface area contributed by atoms with Crippen molar-refractivity contribution in [1.29, 1.82) is 0 Å². The molecule has 0 bridgehead atoms. The second-order valence-electron chi connectivity index (χ2n) is 4.68. The number of carbonyl (C=O) groups excluding carboxylic acids is 1. The summed E-state index contributed by atoms with van der Waals surface area (Å²) in [7, 11) is 0. The summed E-state index contributed by atoms with van der Waals surface area (Å²) in [6, 6.07) is 12.5. The van der Waals surface area contributed by atoms with Gasteiger partial charge in [-0.3, -0.25) is 4.79 Å². The number of benzene rings is 2. The Morgan fingerprint density at radius 1 is 1.20 bits per heavy atom. The average molecular weight is 289 g/mol. The van der Waals surface area contributed by atoms with Gasteiger partial charge in [0.2, 0.25) is 0 Å². The van der Waals surface area contributed by atoms with Crippen LogP contribution >= 0.6 is 11.6 Å². The van der Waals surface area contributed by atoms with Gasteiger partial charge in [0.05, 0.1) is 5.69 Å². The Morgan fingerprint density at radius 2 is 1.95 bits per heavy atom. The number of rotatable bonds is 2. The van der Waals surface area contributed by atoms with Gasteiger partial charge in [0.15, 0.2) is 6.10 Å². The summed E-state index contributed by atoms with van der Waals surface area (Å²) in [6.07, 6.45) is -0.0810. The van der Waals surface area contributed by atoms with Crippen LogP contribution in [-0.2, 0) is 11.2 Å². The number of carbonyl (C=O) groups is 1. The lowest BCUT2D eigenvalue weighted by Gasteiger charge is -2.26. The van der Waals surface area contributed by atoms with Crippen LogP contribution < -0.4 is 15.8 Å². The van der Waals surface area contributed by atoms with Crippen molar-refractivity contribution in [3.8, 4) is 5.75 Å². The highest BCUT2D eigenvalue weighted by atomic mass is 35.5. The fourth-order valence-corrected chi connectivity index (χ4v) is 2.25. The van der Waals surface area contributed by atoms with Gasteiger partial charge >= 0.3 is 0 Å². The minimum absolute atomic E-state index is 0.155. The van der Waals surface area contributed by atoms with Crippen molar-refractivity contribution in [2.75, 3.05) is 11.1 Å². The minimum atomic E-state index is -0.564. The molecule has 1 unspecified atom stereocenters. The Labute approximate surface area is 121 Å². The average Bonchev–Trinajstić information content (AvgIpc) is 2.42. The molecular weight excluding hydrogens is 276 g/mol. The van der Waals surface area contributed by atoms with Gasteiger partial charge in [-0.25, -0.2) is 0 Å². The molecule has 0 aromatic heterocycles. The van der Waals surface area contributed by atoms with E-state index < -0.39 is 6.10 Å². The third-order valence-electron chi connectivity index (χ3n) is 3.16. The van der Waals surface area contributed by atoms with Crippen molar-refractivity contribution >= 4 is 28.9 Å². The van der Waals surface area contributed by atoms with E-state index in [2.05, 4.69) is 5.32 Å². The molecule has 20 heavy (non-hydrogen) atoms. The third kappa shape index (κ3) is 2.56. The molecule has 5 heteroatoms. The standard InChI is InChI=1S/C15H13ClN2O2/c16-10-3-1-9(2-4-10)7-14-15(19)18-12-6-5-11(17)8-13(12)20-14/h1-6,8,14H,7,17H2,(H,18,19). The summed E-state index contributed by atoms with van der Waals surface area (Å²) >= 11 is 5.84. The first kappa shape index (κ1) is 12.8. The van der Waals surface area contributed by atoms with Crippen molar-refractivity contribution < 1.29 is 9.53 Å². The molecule has 1 aliphatic heterocycles.